The van der Waals surface area contributed by atoms with Crippen LogP contribution in [0.2, 0.25) is 0 Å². The number of aromatic amines is 1. The van der Waals surface area contributed by atoms with Crippen LogP contribution in [0.25, 0.3) is 22.3 Å². The molecule has 2 aliphatic rings. The summed E-state index contributed by atoms with van der Waals surface area (Å²) in [5.74, 6) is 1.85. The highest BCUT2D eigenvalue weighted by Gasteiger charge is 2.32. The molecular formula is C30H37N5O. The molecule has 1 aliphatic heterocycles. The van der Waals surface area contributed by atoms with Gasteiger partial charge in [0.25, 0.3) is 0 Å². The van der Waals surface area contributed by atoms with E-state index in [0.29, 0.717) is 6.61 Å². The number of imidazole rings is 1. The zero-order valence-electron chi connectivity index (χ0n) is 22.2. The molecule has 36 heavy (non-hydrogen) atoms. The van der Waals surface area contributed by atoms with Crippen molar-refractivity contribution in [2.24, 2.45) is 10.4 Å². The maximum absolute atomic E-state index is 6.20. The summed E-state index contributed by atoms with van der Waals surface area (Å²) in [6.07, 6.45) is 7.01. The van der Waals surface area contributed by atoms with Crippen LogP contribution >= 0.6 is 0 Å². The van der Waals surface area contributed by atoms with Crippen LogP contribution in [0.15, 0.2) is 59.4 Å². The van der Waals surface area contributed by atoms with Gasteiger partial charge in [-0.2, -0.15) is 0 Å². The average Bonchev–Trinajstić information content (AvgIpc) is 3.09. The Morgan fingerprint density at radius 3 is 2.92 bits per heavy atom. The normalized spacial score (nSPS) is 19.5. The number of benzene rings is 1. The molecule has 1 aromatic carbocycles. The van der Waals surface area contributed by atoms with Gasteiger partial charge in [-0.25, -0.2) is 9.97 Å². The molecule has 0 spiro atoms. The number of ether oxygens (including phenoxy) is 1. The van der Waals surface area contributed by atoms with Crippen molar-refractivity contribution in [3.8, 4) is 16.9 Å². The minimum absolute atomic E-state index is 0.283. The highest BCUT2D eigenvalue weighted by Crippen LogP contribution is 2.42. The second-order valence-corrected chi connectivity index (χ2v) is 11.0. The van der Waals surface area contributed by atoms with Crippen molar-refractivity contribution in [3.05, 3.63) is 65.8 Å². The first-order valence-corrected chi connectivity index (χ1v) is 12.9. The summed E-state index contributed by atoms with van der Waals surface area (Å²) >= 11 is 0. The Hall–Kier alpha value is -3.25. The zero-order valence-corrected chi connectivity index (χ0v) is 22.2. The predicted octanol–water partition coefficient (Wildman–Crippen LogP) is 6.63. The highest BCUT2D eigenvalue weighted by atomic mass is 16.5. The van der Waals surface area contributed by atoms with Crippen molar-refractivity contribution in [2.45, 2.75) is 66.5 Å². The van der Waals surface area contributed by atoms with Gasteiger partial charge in [-0.15, -0.1) is 0 Å². The Morgan fingerprint density at radius 1 is 1.28 bits per heavy atom. The summed E-state index contributed by atoms with van der Waals surface area (Å²) in [5, 5.41) is 0. The third-order valence-electron chi connectivity index (χ3n) is 7.60. The fourth-order valence-electron chi connectivity index (χ4n) is 5.42. The van der Waals surface area contributed by atoms with Gasteiger partial charge in [0.2, 0.25) is 0 Å². The van der Waals surface area contributed by atoms with E-state index in [2.05, 4.69) is 71.5 Å². The molecule has 1 aliphatic carbocycles. The van der Waals surface area contributed by atoms with Crippen molar-refractivity contribution < 1.29 is 4.74 Å². The van der Waals surface area contributed by atoms with Gasteiger partial charge < -0.3 is 9.72 Å². The molecule has 3 aromatic rings. The Bertz CT molecular complexity index is 1360. The number of nitrogens with one attached hydrogen (secondary N) is 1. The lowest BCUT2D eigenvalue weighted by Gasteiger charge is -2.38. The number of aromatic nitrogens is 3. The number of hydrogen-bond acceptors (Lipinski definition) is 5. The number of allylic oxidation sites excluding steroid dienone is 2. The molecule has 188 valence electrons. The third kappa shape index (κ3) is 5.00. The molecule has 0 bridgehead atoms. The summed E-state index contributed by atoms with van der Waals surface area (Å²) in [7, 11) is 0. The predicted molar refractivity (Wildman–Crippen MR) is 147 cm³/mol. The van der Waals surface area contributed by atoms with Crippen LogP contribution in [-0.2, 0) is 6.54 Å². The van der Waals surface area contributed by atoms with E-state index in [1.54, 1.807) is 0 Å². The van der Waals surface area contributed by atoms with E-state index in [1.165, 1.54) is 16.8 Å². The molecule has 6 heteroatoms. The molecule has 0 saturated heterocycles. The van der Waals surface area contributed by atoms with E-state index in [1.807, 2.05) is 26.1 Å². The number of pyridine rings is 1. The van der Waals surface area contributed by atoms with E-state index in [-0.39, 0.29) is 11.5 Å². The summed E-state index contributed by atoms with van der Waals surface area (Å²) in [6.45, 7) is 17.4. The van der Waals surface area contributed by atoms with Crippen molar-refractivity contribution >= 4 is 16.9 Å². The average molecular weight is 484 g/mol. The van der Waals surface area contributed by atoms with E-state index >= 15 is 0 Å². The van der Waals surface area contributed by atoms with Crippen molar-refractivity contribution in [3.63, 3.8) is 0 Å². The van der Waals surface area contributed by atoms with Gasteiger partial charge >= 0.3 is 0 Å². The number of nitrogens with zero attached hydrogens (tertiary/aromatic N) is 4. The van der Waals surface area contributed by atoms with E-state index < -0.39 is 0 Å². The fourth-order valence-corrected chi connectivity index (χ4v) is 5.42. The van der Waals surface area contributed by atoms with Gasteiger partial charge in [-0.05, 0) is 80.9 Å². The lowest BCUT2D eigenvalue weighted by Crippen LogP contribution is -2.38. The third-order valence-corrected chi connectivity index (χ3v) is 7.60. The van der Waals surface area contributed by atoms with Crippen LogP contribution in [0.3, 0.4) is 0 Å². The first-order chi connectivity index (χ1) is 17.2. The van der Waals surface area contributed by atoms with Crippen LogP contribution in [-0.4, -0.2) is 44.8 Å². The molecule has 6 nitrogen and oxygen atoms in total. The fraction of sp³-hybridized carbons (Fsp3) is 0.433. The van der Waals surface area contributed by atoms with Crippen molar-refractivity contribution in [1.82, 2.24) is 19.9 Å². The molecule has 2 aromatic heterocycles. The van der Waals surface area contributed by atoms with E-state index in [0.717, 1.165) is 71.9 Å². The van der Waals surface area contributed by atoms with Crippen molar-refractivity contribution in [1.29, 1.82) is 0 Å². The number of hydrogen-bond donors (Lipinski definition) is 1. The first-order valence-electron chi connectivity index (χ1n) is 12.9. The SMILES string of the molecule is C=CC(C)=NC1=C(C(C)N2CCOc3ccc(-c4cnc5nc(C)[nH]c5c4)cc3C2)CC(C)(C)CC1. The number of aliphatic imine (C=N–C) groups is 1. The smallest absolute Gasteiger partial charge is 0.177 e. The minimum Gasteiger partial charge on any atom is -0.492 e. The Labute approximate surface area is 214 Å². The molecule has 0 fully saturated rings. The van der Waals surface area contributed by atoms with Gasteiger partial charge in [0.05, 0.1) is 5.52 Å². The molecule has 1 unspecified atom stereocenters. The van der Waals surface area contributed by atoms with E-state index in [9.17, 15) is 0 Å². The summed E-state index contributed by atoms with van der Waals surface area (Å²) in [6, 6.07) is 8.90. The number of fused-ring (bicyclic) bond motifs is 2. The number of H-pyrrole nitrogens is 1. The van der Waals surface area contributed by atoms with Crippen LogP contribution in [0.5, 0.6) is 5.75 Å². The van der Waals surface area contributed by atoms with Gasteiger partial charge in [0.15, 0.2) is 5.65 Å². The van der Waals surface area contributed by atoms with Crippen molar-refractivity contribution in [2.75, 3.05) is 13.2 Å². The van der Waals surface area contributed by atoms with Crippen LogP contribution in [0.4, 0.5) is 0 Å². The number of aryl methyl sites for hydroxylation is 1. The van der Waals surface area contributed by atoms with Crippen LogP contribution < -0.4 is 4.74 Å². The minimum atomic E-state index is 0.283. The van der Waals surface area contributed by atoms with Gasteiger partial charge in [0, 0.05) is 47.9 Å². The lowest BCUT2D eigenvalue weighted by atomic mass is 9.74. The van der Waals surface area contributed by atoms with Crippen LogP contribution in [0.1, 0.15) is 58.3 Å². The molecular weight excluding hydrogens is 446 g/mol. The number of rotatable bonds is 5. The molecule has 0 radical (unpaired) electrons. The molecule has 0 saturated carbocycles. The first kappa shape index (κ1) is 24.4. The monoisotopic (exact) mass is 483 g/mol. The molecule has 1 N–H and O–H groups in total. The standard InChI is InChI=1S/C30H37N5O/c1-7-19(2)32-26-10-11-30(5,6)16-25(26)20(3)35-12-13-36-28-9-8-22(14-24(28)18-35)23-15-27-29(31-17-23)34-21(4)33-27/h7-9,14-15,17,20H,1,10-13,16,18H2,2-6H3,(H,31,33,34). The summed E-state index contributed by atoms with van der Waals surface area (Å²) < 4.78 is 6.20. The van der Waals surface area contributed by atoms with Crippen LogP contribution in [0, 0.1) is 12.3 Å². The maximum atomic E-state index is 6.20. The van der Waals surface area contributed by atoms with E-state index in [4.69, 9.17) is 9.73 Å². The Balaban J connectivity index is 1.46. The topological polar surface area (TPSA) is 66.4 Å². The van der Waals surface area contributed by atoms with Gasteiger partial charge in [0.1, 0.15) is 18.2 Å². The second kappa shape index (κ2) is 9.66. The second-order valence-electron chi connectivity index (χ2n) is 11.0. The van der Waals surface area contributed by atoms with Gasteiger partial charge in [-0.1, -0.05) is 26.5 Å². The van der Waals surface area contributed by atoms with Gasteiger partial charge in [-0.3, -0.25) is 9.89 Å². The maximum Gasteiger partial charge on any atom is 0.177 e. The molecule has 0 amide bonds. The Kier molecular flexibility index (Phi) is 6.56. The summed E-state index contributed by atoms with van der Waals surface area (Å²) in [5.41, 5.74) is 9.11. The largest absolute Gasteiger partial charge is 0.492 e. The Morgan fingerprint density at radius 2 is 2.11 bits per heavy atom. The quantitative estimate of drug-likeness (QED) is 0.414. The molecule has 1 atom stereocenters. The summed E-state index contributed by atoms with van der Waals surface area (Å²) in [4.78, 5) is 19.8. The lowest BCUT2D eigenvalue weighted by molar-refractivity contribution is 0.182. The molecule has 3 heterocycles. The highest BCUT2D eigenvalue weighted by molar-refractivity contribution is 5.93. The zero-order chi connectivity index (χ0) is 25.4. The molecule has 5 rings (SSSR count).